The van der Waals surface area contributed by atoms with Crippen LogP contribution in [0.2, 0.25) is 0 Å². The van der Waals surface area contributed by atoms with E-state index in [-0.39, 0.29) is 32.7 Å². The molecule has 3 rings (SSSR count). The fourth-order valence-electron chi connectivity index (χ4n) is 4.14. The van der Waals surface area contributed by atoms with Gasteiger partial charge in [-0.15, -0.1) is 0 Å². The Morgan fingerprint density at radius 2 is 1.53 bits per heavy atom. The van der Waals surface area contributed by atoms with E-state index in [2.05, 4.69) is 12.1 Å². The number of quaternary nitrogens is 1. The second kappa shape index (κ2) is 11.1. The molecule has 1 radical (unpaired) electrons. The second-order valence-corrected chi connectivity index (χ2v) is 8.12. The van der Waals surface area contributed by atoms with Crippen molar-refractivity contribution in [3.63, 3.8) is 0 Å². The minimum Gasteiger partial charge on any atom is -0.487 e. The Balaban J connectivity index is 0.00000320. The standard InChI is InChI=1S/C23H30F3N2O.Y/c1-19-7-6-8-20(2)22(19)29-16-15-28(17-21-9-4-3-5-10-21)13-11-27(12-14-28)18-23(24,25)26;/h3-10H,11-18H2,1-2H3;/q+1;. The summed E-state index contributed by atoms with van der Waals surface area (Å²) in [5.74, 6) is 0.918. The number of benzene rings is 2. The van der Waals surface area contributed by atoms with Crippen molar-refractivity contribution in [1.29, 1.82) is 0 Å². The molecular formula is C23H30F3N2OY+. The molecular weight excluding hydrogens is 466 g/mol. The SMILES string of the molecule is Cc1cccc(C)c1OCC[N+]1(Cc2ccccc2)CCN(CC(F)(F)F)CC1.[Y]. The maximum absolute atomic E-state index is 12.8. The number of para-hydroxylation sites is 1. The number of hydrogen-bond donors (Lipinski definition) is 0. The van der Waals surface area contributed by atoms with Gasteiger partial charge in [0.2, 0.25) is 0 Å². The zero-order valence-corrected chi connectivity index (χ0v) is 20.6. The van der Waals surface area contributed by atoms with Crippen LogP contribution in [0.1, 0.15) is 16.7 Å². The Hall–Kier alpha value is -0.946. The summed E-state index contributed by atoms with van der Waals surface area (Å²) in [7, 11) is 0. The summed E-state index contributed by atoms with van der Waals surface area (Å²) in [4.78, 5) is 1.52. The summed E-state index contributed by atoms with van der Waals surface area (Å²) in [6.07, 6.45) is -4.14. The van der Waals surface area contributed by atoms with Gasteiger partial charge in [0.05, 0.1) is 19.6 Å². The smallest absolute Gasteiger partial charge is 0.401 e. The number of aryl methyl sites for hydroxylation is 2. The molecule has 1 aliphatic rings. The first-order valence-electron chi connectivity index (χ1n) is 10.1. The minimum absolute atomic E-state index is 0. The van der Waals surface area contributed by atoms with Crippen molar-refractivity contribution in [2.24, 2.45) is 0 Å². The molecule has 30 heavy (non-hydrogen) atoms. The van der Waals surface area contributed by atoms with Crippen LogP contribution in [0.25, 0.3) is 0 Å². The molecule has 0 atom stereocenters. The van der Waals surface area contributed by atoms with Gasteiger partial charge in [-0.05, 0) is 25.0 Å². The minimum atomic E-state index is -4.14. The average molecular weight is 496 g/mol. The van der Waals surface area contributed by atoms with Crippen molar-refractivity contribution in [1.82, 2.24) is 4.90 Å². The Morgan fingerprint density at radius 1 is 0.933 bits per heavy atom. The molecule has 0 unspecified atom stereocenters. The van der Waals surface area contributed by atoms with Crippen LogP contribution in [-0.2, 0) is 39.3 Å². The van der Waals surface area contributed by atoms with Crippen molar-refractivity contribution in [2.45, 2.75) is 26.6 Å². The number of hydrogen-bond acceptors (Lipinski definition) is 2. The normalized spacial score (nSPS) is 16.7. The number of nitrogens with zero attached hydrogens (tertiary/aromatic N) is 2. The van der Waals surface area contributed by atoms with E-state index in [9.17, 15) is 13.2 Å². The number of rotatable bonds is 7. The molecule has 2 aromatic carbocycles. The van der Waals surface area contributed by atoms with Crippen LogP contribution in [0.15, 0.2) is 48.5 Å². The van der Waals surface area contributed by atoms with Gasteiger partial charge in [-0.3, -0.25) is 4.90 Å². The van der Waals surface area contributed by atoms with E-state index in [1.54, 1.807) is 0 Å². The van der Waals surface area contributed by atoms with Gasteiger partial charge >= 0.3 is 6.18 Å². The van der Waals surface area contributed by atoms with Crippen LogP contribution in [0.3, 0.4) is 0 Å². The Bertz CT molecular complexity index is 771. The maximum atomic E-state index is 12.8. The summed E-state index contributed by atoms with van der Waals surface area (Å²) in [5.41, 5.74) is 3.42. The van der Waals surface area contributed by atoms with Gasteiger partial charge in [0.25, 0.3) is 0 Å². The van der Waals surface area contributed by atoms with E-state index < -0.39 is 12.7 Å². The van der Waals surface area contributed by atoms with Gasteiger partial charge in [0, 0.05) is 51.4 Å². The average Bonchev–Trinajstić information content (AvgIpc) is 2.66. The van der Waals surface area contributed by atoms with Crippen LogP contribution < -0.4 is 4.74 Å². The van der Waals surface area contributed by atoms with Gasteiger partial charge in [0.15, 0.2) is 0 Å². The third-order valence-corrected chi connectivity index (χ3v) is 5.77. The summed E-state index contributed by atoms with van der Waals surface area (Å²) < 4.78 is 45.2. The number of halogens is 3. The second-order valence-electron chi connectivity index (χ2n) is 8.12. The van der Waals surface area contributed by atoms with Crippen molar-refractivity contribution in [3.05, 3.63) is 65.2 Å². The molecule has 1 aliphatic heterocycles. The fraction of sp³-hybridized carbons (Fsp3) is 0.478. The third-order valence-electron chi connectivity index (χ3n) is 5.77. The van der Waals surface area contributed by atoms with E-state index >= 15 is 0 Å². The first-order chi connectivity index (χ1) is 13.8. The molecule has 0 amide bonds. The van der Waals surface area contributed by atoms with Crippen molar-refractivity contribution in [3.8, 4) is 5.75 Å². The Morgan fingerprint density at radius 3 is 2.10 bits per heavy atom. The Kier molecular flexibility index (Phi) is 9.35. The molecule has 1 fully saturated rings. The molecule has 0 saturated carbocycles. The molecule has 1 saturated heterocycles. The zero-order valence-electron chi connectivity index (χ0n) is 17.8. The van der Waals surface area contributed by atoms with Crippen molar-refractivity contribution < 1.29 is 55.1 Å². The summed E-state index contributed by atoms with van der Waals surface area (Å²) in [6.45, 7) is 7.70. The first kappa shape index (κ1) is 25.3. The van der Waals surface area contributed by atoms with Gasteiger partial charge in [-0.25, -0.2) is 0 Å². The molecule has 0 bridgehead atoms. The Labute approximate surface area is 202 Å². The molecule has 7 heteroatoms. The van der Waals surface area contributed by atoms with E-state index in [1.165, 1.54) is 10.5 Å². The predicted molar refractivity (Wildman–Crippen MR) is 109 cm³/mol. The van der Waals surface area contributed by atoms with Gasteiger partial charge < -0.3 is 9.22 Å². The van der Waals surface area contributed by atoms with E-state index in [1.807, 2.05) is 50.2 Å². The molecule has 1 heterocycles. The maximum Gasteiger partial charge on any atom is 0.401 e. The fourth-order valence-corrected chi connectivity index (χ4v) is 4.14. The van der Waals surface area contributed by atoms with Gasteiger partial charge in [-0.2, -0.15) is 13.2 Å². The molecule has 0 N–H and O–H groups in total. The van der Waals surface area contributed by atoms with E-state index in [0.717, 1.165) is 34.4 Å². The monoisotopic (exact) mass is 496 g/mol. The largest absolute Gasteiger partial charge is 0.487 e. The molecule has 0 aromatic heterocycles. The van der Waals surface area contributed by atoms with E-state index in [4.69, 9.17) is 4.74 Å². The van der Waals surface area contributed by atoms with Crippen LogP contribution in [-0.4, -0.2) is 61.4 Å². The number of piperazine rings is 1. The van der Waals surface area contributed by atoms with E-state index in [0.29, 0.717) is 32.8 Å². The van der Waals surface area contributed by atoms with Crippen LogP contribution in [0.5, 0.6) is 5.75 Å². The summed E-state index contributed by atoms with van der Waals surface area (Å²) >= 11 is 0. The van der Waals surface area contributed by atoms with Crippen molar-refractivity contribution >= 4 is 0 Å². The van der Waals surface area contributed by atoms with Gasteiger partial charge in [0.1, 0.15) is 25.4 Å². The summed E-state index contributed by atoms with van der Waals surface area (Å²) in [6, 6.07) is 16.3. The first-order valence-corrected chi connectivity index (χ1v) is 10.1. The van der Waals surface area contributed by atoms with Crippen LogP contribution in [0.4, 0.5) is 13.2 Å². The quantitative estimate of drug-likeness (QED) is 0.521. The number of ether oxygens (including phenoxy) is 1. The van der Waals surface area contributed by atoms with Crippen LogP contribution in [0, 0.1) is 13.8 Å². The van der Waals surface area contributed by atoms with Gasteiger partial charge in [-0.1, -0.05) is 48.5 Å². The topological polar surface area (TPSA) is 12.5 Å². The third kappa shape index (κ3) is 7.33. The zero-order chi connectivity index (χ0) is 20.9. The molecule has 161 valence electrons. The predicted octanol–water partition coefficient (Wildman–Crippen LogP) is 4.57. The molecule has 0 spiro atoms. The molecule has 2 aromatic rings. The van der Waals surface area contributed by atoms with Crippen LogP contribution >= 0.6 is 0 Å². The number of alkyl halides is 3. The molecule has 0 aliphatic carbocycles. The molecule has 3 nitrogen and oxygen atoms in total. The van der Waals surface area contributed by atoms with Crippen molar-refractivity contribution in [2.75, 3.05) is 45.9 Å². The summed E-state index contributed by atoms with van der Waals surface area (Å²) in [5, 5.41) is 0.